The van der Waals surface area contributed by atoms with Crippen molar-refractivity contribution >= 4 is 27.8 Å². The molecule has 26 heavy (non-hydrogen) atoms. The lowest BCUT2D eigenvalue weighted by Gasteiger charge is -2.06. The number of carbonyl (C=O) groups excluding carboxylic acids is 1. The molecule has 0 atom stereocenters. The van der Waals surface area contributed by atoms with E-state index in [1.807, 2.05) is 11.6 Å². The minimum Gasteiger partial charge on any atom is -0.508 e. The predicted molar refractivity (Wildman–Crippen MR) is 98.3 cm³/mol. The average molecular weight is 376 g/mol. The Kier molecular flexibility index (Phi) is 6.35. The molecule has 0 spiro atoms. The van der Waals surface area contributed by atoms with Crippen LogP contribution in [-0.2, 0) is 14.8 Å². The molecule has 2 aromatic rings. The maximum absolute atomic E-state index is 12.1. The van der Waals surface area contributed by atoms with Gasteiger partial charge in [-0.15, -0.1) is 0 Å². The number of nitrogens with one attached hydrogen (secondary N) is 1. The summed E-state index contributed by atoms with van der Waals surface area (Å²) in [4.78, 5) is 15.7. The molecule has 0 heterocycles. The van der Waals surface area contributed by atoms with Crippen molar-refractivity contribution in [2.75, 3.05) is 0 Å². The molecule has 0 saturated carbocycles. The first kappa shape index (κ1) is 19.5. The number of aliphatic imine (C=N–C) groups is 1. The van der Waals surface area contributed by atoms with Crippen molar-refractivity contribution in [1.82, 2.24) is 4.72 Å². The van der Waals surface area contributed by atoms with E-state index < -0.39 is 15.9 Å². The largest absolute Gasteiger partial charge is 0.508 e. The van der Waals surface area contributed by atoms with E-state index in [1.54, 1.807) is 0 Å². The fraction of sp³-hybridized carbons (Fsp3) is 0.222. The standard InChI is InChI=1S/C18H20N2O5S/c1-2-3-4-18(23)20-26(24,25)16-9-6-14(7-10-16)19-12-13-5-8-15(21)11-17(13)22/h5-12,21-22H,2-4H2,1H3,(H,20,23). The van der Waals surface area contributed by atoms with Crippen molar-refractivity contribution in [3.8, 4) is 11.5 Å². The van der Waals surface area contributed by atoms with E-state index in [-0.39, 0.29) is 22.8 Å². The predicted octanol–water partition coefficient (Wildman–Crippen LogP) is 2.84. The molecule has 0 aliphatic heterocycles. The van der Waals surface area contributed by atoms with Crippen LogP contribution in [0.4, 0.5) is 5.69 Å². The van der Waals surface area contributed by atoms with Crippen LogP contribution in [0.25, 0.3) is 0 Å². The molecule has 0 aliphatic rings. The van der Waals surface area contributed by atoms with Crippen molar-refractivity contribution in [3.63, 3.8) is 0 Å². The number of carbonyl (C=O) groups is 1. The fourth-order valence-electron chi connectivity index (χ4n) is 2.09. The molecule has 0 saturated heterocycles. The topological polar surface area (TPSA) is 116 Å². The summed E-state index contributed by atoms with van der Waals surface area (Å²) in [5.41, 5.74) is 0.872. The van der Waals surface area contributed by atoms with E-state index in [9.17, 15) is 23.4 Å². The van der Waals surface area contributed by atoms with Gasteiger partial charge in [-0.2, -0.15) is 0 Å². The van der Waals surface area contributed by atoms with Crippen LogP contribution >= 0.6 is 0 Å². The quantitative estimate of drug-likeness (QED) is 0.643. The molecule has 8 heteroatoms. The Bertz CT molecular complexity index is 906. The Morgan fingerprint density at radius 2 is 1.85 bits per heavy atom. The van der Waals surface area contributed by atoms with E-state index >= 15 is 0 Å². The fourth-order valence-corrected chi connectivity index (χ4v) is 3.11. The highest BCUT2D eigenvalue weighted by atomic mass is 32.2. The van der Waals surface area contributed by atoms with Gasteiger partial charge in [0.05, 0.1) is 10.6 Å². The second-order valence-electron chi connectivity index (χ2n) is 5.63. The van der Waals surface area contributed by atoms with Gasteiger partial charge in [0.2, 0.25) is 5.91 Å². The lowest BCUT2D eigenvalue weighted by Crippen LogP contribution is -2.30. The van der Waals surface area contributed by atoms with Gasteiger partial charge in [0.25, 0.3) is 10.0 Å². The molecule has 2 aromatic carbocycles. The Morgan fingerprint density at radius 3 is 2.46 bits per heavy atom. The van der Waals surface area contributed by atoms with Crippen LogP contribution in [0.15, 0.2) is 52.4 Å². The summed E-state index contributed by atoms with van der Waals surface area (Å²) in [6.45, 7) is 1.92. The lowest BCUT2D eigenvalue weighted by atomic mass is 10.2. The van der Waals surface area contributed by atoms with Crippen molar-refractivity contribution in [2.24, 2.45) is 4.99 Å². The number of phenols is 2. The second-order valence-corrected chi connectivity index (χ2v) is 7.31. The number of aromatic hydroxyl groups is 2. The molecule has 0 unspecified atom stereocenters. The summed E-state index contributed by atoms with van der Waals surface area (Å²) in [6, 6.07) is 9.77. The van der Waals surface area contributed by atoms with Crippen LogP contribution < -0.4 is 4.72 Å². The van der Waals surface area contributed by atoms with Crippen molar-refractivity contribution in [3.05, 3.63) is 48.0 Å². The zero-order valence-corrected chi connectivity index (χ0v) is 15.0. The van der Waals surface area contributed by atoms with Crippen LogP contribution in [0, 0.1) is 0 Å². The summed E-state index contributed by atoms with van der Waals surface area (Å²) in [6.07, 6.45) is 2.98. The molecule has 7 nitrogen and oxygen atoms in total. The number of rotatable bonds is 7. The molecule has 0 radical (unpaired) electrons. The number of sulfonamides is 1. The molecule has 3 N–H and O–H groups in total. The first-order valence-electron chi connectivity index (χ1n) is 8.03. The second kappa shape index (κ2) is 8.48. The smallest absolute Gasteiger partial charge is 0.264 e. The minimum absolute atomic E-state index is 0.0335. The first-order valence-corrected chi connectivity index (χ1v) is 9.52. The third-order valence-electron chi connectivity index (χ3n) is 3.52. The number of hydrogen-bond acceptors (Lipinski definition) is 6. The zero-order chi connectivity index (χ0) is 19.2. The van der Waals surface area contributed by atoms with E-state index in [4.69, 9.17) is 0 Å². The highest BCUT2D eigenvalue weighted by Gasteiger charge is 2.16. The molecule has 0 aromatic heterocycles. The molecular weight excluding hydrogens is 356 g/mol. The minimum atomic E-state index is -3.90. The summed E-state index contributed by atoms with van der Waals surface area (Å²) < 4.78 is 26.3. The molecule has 2 rings (SSSR count). The number of benzene rings is 2. The highest BCUT2D eigenvalue weighted by Crippen LogP contribution is 2.22. The lowest BCUT2D eigenvalue weighted by molar-refractivity contribution is -0.119. The molecule has 0 bridgehead atoms. The van der Waals surface area contributed by atoms with Crippen LogP contribution in [0.2, 0.25) is 0 Å². The Hall–Kier alpha value is -2.87. The summed E-state index contributed by atoms with van der Waals surface area (Å²) in [5.74, 6) is -0.713. The molecule has 138 valence electrons. The van der Waals surface area contributed by atoms with Gasteiger partial charge in [-0.05, 0) is 42.8 Å². The zero-order valence-electron chi connectivity index (χ0n) is 14.2. The van der Waals surface area contributed by atoms with E-state index in [2.05, 4.69) is 4.99 Å². The third kappa shape index (κ3) is 5.32. The van der Waals surface area contributed by atoms with Gasteiger partial charge in [0, 0.05) is 24.3 Å². The van der Waals surface area contributed by atoms with E-state index in [0.29, 0.717) is 17.7 Å². The number of phenolic OH excluding ortho intramolecular Hbond substituents is 2. The first-order chi connectivity index (χ1) is 12.3. The SMILES string of the molecule is CCCCC(=O)NS(=O)(=O)c1ccc(N=Cc2ccc(O)cc2O)cc1. The summed E-state index contributed by atoms with van der Waals surface area (Å²) in [7, 11) is -3.90. The van der Waals surface area contributed by atoms with Gasteiger partial charge in [-0.25, -0.2) is 13.1 Å². The molecular formula is C18H20N2O5S. The Labute approximate surface area is 152 Å². The van der Waals surface area contributed by atoms with Gasteiger partial charge in [0.15, 0.2) is 0 Å². The Morgan fingerprint density at radius 1 is 1.15 bits per heavy atom. The number of hydrogen-bond donors (Lipinski definition) is 3. The molecule has 1 amide bonds. The van der Waals surface area contributed by atoms with Gasteiger partial charge in [-0.3, -0.25) is 9.79 Å². The van der Waals surface area contributed by atoms with E-state index in [0.717, 1.165) is 6.42 Å². The third-order valence-corrected chi connectivity index (χ3v) is 4.91. The van der Waals surface area contributed by atoms with Crippen LogP contribution in [0.3, 0.4) is 0 Å². The van der Waals surface area contributed by atoms with Gasteiger partial charge >= 0.3 is 0 Å². The van der Waals surface area contributed by atoms with Crippen LogP contribution in [-0.4, -0.2) is 30.8 Å². The van der Waals surface area contributed by atoms with E-state index in [1.165, 1.54) is 48.7 Å². The number of amides is 1. The van der Waals surface area contributed by atoms with Crippen molar-refractivity contribution in [1.29, 1.82) is 0 Å². The van der Waals surface area contributed by atoms with Crippen LogP contribution in [0.5, 0.6) is 11.5 Å². The van der Waals surface area contributed by atoms with Crippen LogP contribution in [0.1, 0.15) is 31.7 Å². The Balaban J connectivity index is 2.09. The monoisotopic (exact) mass is 376 g/mol. The summed E-state index contributed by atoms with van der Waals surface area (Å²) >= 11 is 0. The highest BCUT2D eigenvalue weighted by molar-refractivity contribution is 7.90. The maximum atomic E-state index is 12.1. The number of unbranched alkanes of at least 4 members (excludes halogenated alkanes) is 1. The average Bonchev–Trinajstić information content (AvgIpc) is 2.59. The van der Waals surface area contributed by atoms with Crippen molar-refractivity contribution in [2.45, 2.75) is 31.1 Å². The number of nitrogens with zero attached hydrogens (tertiary/aromatic N) is 1. The normalized spacial score (nSPS) is 11.6. The van der Waals surface area contributed by atoms with Gasteiger partial charge < -0.3 is 10.2 Å². The summed E-state index contributed by atoms with van der Waals surface area (Å²) in [5, 5.41) is 18.9. The van der Waals surface area contributed by atoms with Gasteiger partial charge in [-0.1, -0.05) is 13.3 Å². The van der Waals surface area contributed by atoms with Gasteiger partial charge in [0.1, 0.15) is 11.5 Å². The molecule has 0 fully saturated rings. The molecule has 0 aliphatic carbocycles. The van der Waals surface area contributed by atoms with Crippen molar-refractivity contribution < 1.29 is 23.4 Å². The maximum Gasteiger partial charge on any atom is 0.264 e.